The molecule has 1 aliphatic rings. The first-order chi connectivity index (χ1) is 11.3. The van der Waals surface area contributed by atoms with E-state index in [0.29, 0.717) is 17.8 Å². The summed E-state index contributed by atoms with van der Waals surface area (Å²) in [4.78, 5) is 19.0. The van der Waals surface area contributed by atoms with Gasteiger partial charge in [-0.25, -0.2) is 0 Å². The molecule has 1 saturated heterocycles. The molecule has 1 aromatic rings. The summed E-state index contributed by atoms with van der Waals surface area (Å²) >= 11 is 1.74. The summed E-state index contributed by atoms with van der Waals surface area (Å²) in [5.74, 6) is 0.845. The molecule has 1 aliphatic heterocycles. The predicted octanol–water partition coefficient (Wildman–Crippen LogP) is 3.45. The normalized spacial score (nSPS) is 18.3. The van der Waals surface area contributed by atoms with Crippen LogP contribution in [-0.4, -0.2) is 60.7 Å². The number of amides is 1. The SMILES string of the molecule is CC(C)N(CCN1C(=O)CSC1c1ccc(N(C)C)cc1)C(C)C. The molecule has 1 fully saturated rings. The zero-order chi connectivity index (χ0) is 17.9. The van der Waals surface area contributed by atoms with Gasteiger partial charge in [-0.05, 0) is 45.4 Å². The van der Waals surface area contributed by atoms with Crippen molar-refractivity contribution in [3.8, 4) is 0 Å². The highest BCUT2D eigenvalue weighted by Crippen LogP contribution is 2.38. The van der Waals surface area contributed by atoms with Gasteiger partial charge in [-0.15, -0.1) is 11.8 Å². The molecular weight excluding hydrogens is 318 g/mol. The van der Waals surface area contributed by atoms with Crippen molar-refractivity contribution in [2.24, 2.45) is 0 Å². The van der Waals surface area contributed by atoms with Crippen molar-refractivity contribution in [2.75, 3.05) is 37.8 Å². The molecule has 5 heteroatoms. The number of nitrogens with zero attached hydrogens (tertiary/aromatic N) is 3. The van der Waals surface area contributed by atoms with E-state index >= 15 is 0 Å². The molecule has 0 aliphatic carbocycles. The summed E-state index contributed by atoms with van der Waals surface area (Å²) in [6, 6.07) is 9.56. The molecule has 0 bridgehead atoms. The van der Waals surface area contributed by atoms with E-state index in [0.717, 1.165) is 13.1 Å². The van der Waals surface area contributed by atoms with Gasteiger partial charge in [0.2, 0.25) is 5.91 Å². The Morgan fingerprint density at radius 3 is 2.21 bits per heavy atom. The molecule has 134 valence electrons. The molecule has 24 heavy (non-hydrogen) atoms. The lowest BCUT2D eigenvalue weighted by molar-refractivity contribution is -0.128. The molecule has 0 saturated carbocycles. The lowest BCUT2D eigenvalue weighted by Gasteiger charge is -2.33. The van der Waals surface area contributed by atoms with E-state index in [4.69, 9.17) is 0 Å². The van der Waals surface area contributed by atoms with Crippen molar-refractivity contribution >= 4 is 23.4 Å². The van der Waals surface area contributed by atoms with Gasteiger partial charge in [0.15, 0.2) is 0 Å². The molecule has 1 aromatic carbocycles. The maximum Gasteiger partial charge on any atom is 0.233 e. The van der Waals surface area contributed by atoms with Crippen LogP contribution in [0.1, 0.15) is 38.6 Å². The number of thioether (sulfide) groups is 1. The second-order valence-corrected chi connectivity index (χ2v) is 8.23. The number of hydrogen-bond acceptors (Lipinski definition) is 4. The van der Waals surface area contributed by atoms with Crippen molar-refractivity contribution in [2.45, 2.75) is 45.2 Å². The average molecular weight is 350 g/mol. The van der Waals surface area contributed by atoms with Crippen LogP contribution in [-0.2, 0) is 4.79 Å². The van der Waals surface area contributed by atoms with Crippen LogP contribution in [0.4, 0.5) is 5.69 Å². The molecular formula is C19H31N3OS. The minimum Gasteiger partial charge on any atom is -0.378 e. The van der Waals surface area contributed by atoms with E-state index in [1.165, 1.54) is 11.3 Å². The maximum absolute atomic E-state index is 12.4. The van der Waals surface area contributed by atoms with Gasteiger partial charge < -0.3 is 9.80 Å². The fourth-order valence-corrected chi connectivity index (χ4v) is 4.46. The van der Waals surface area contributed by atoms with Crippen LogP contribution in [0.3, 0.4) is 0 Å². The van der Waals surface area contributed by atoms with Crippen LogP contribution in [0.2, 0.25) is 0 Å². The largest absolute Gasteiger partial charge is 0.378 e. The van der Waals surface area contributed by atoms with E-state index in [1.807, 2.05) is 19.0 Å². The van der Waals surface area contributed by atoms with E-state index in [2.05, 4.69) is 61.8 Å². The van der Waals surface area contributed by atoms with Crippen LogP contribution in [0, 0.1) is 0 Å². The Labute approximate surface area is 151 Å². The molecule has 1 unspecified atom stereocenters. The average Bonchev–Trinajstić information content (AvgIpc) is 2.88. The van der Waals surface area contributed by atoms with E-state index in [-0.39, 0.29) is 11.3 Å². The van der Waals surface area contributed by atoms with Gasteiger partial charge in [0.05, 0.1) is 5.75 Å². The predicted molar refractivity (Wildman–Crippen MR) is 105 cm³/mol. The van der Waals surface area contributed by atoms with Crippen molar-refractivity contribution in [3.63, 3.8) is 0 Å². The Morgan fingerprint density at radius 2 is 1.71 bits per heavy atom. The monoisotopic (exact) mass is 349 g/mol. The van der Waals surface area contributed by atoms with Gasteiger partial charge in [-0.2, -0.15) is 0 Å². The third-order valence-corrected chi connectivity index (χ3v) is 5.84. The molecule has 0 spiro atoms. The zero-order valence-electron chi connectivity index (χ0n) is 15.8. The van der Waals surface area contributed by atoms with Crippen molar-refractivity contribution in [1.29, 1.82) is 0 Å². The molecule has 0 N–H and O–H groups in total. The fourth-order valence-electron chi connectivity index (χ4n) is 3.24. The molecule has 1 heterocycles. The second kappa shape index (κ2) is 8.26. The van der Waals surface area contributed by atoms with Gasteiger partial charge >= 0.3 is 0 Å². The van der Waals surface area contributed by atoms with Crippen LogP contribution in [0.15, 0.2) is 24.3 Å². The molecule has 0 radical (unpaired) electrons. The standard InChI is InChI=1S/C19H31N3OS/c1-14(2)21(15(3)4)11-12-22-18(23)13-24-19(22)16-7-9-17(10-8-16)20(5)6/h7-10,14-15,19H,11-13H2,1-6H3. The number of anilines is 1. The van der Waals surface area contributed by atoms with E-state index < -0.39 is 0 Å². The number of rotatable bonds is 7. The lowest BCUT2D eigenvalue weighted by atomic mass is 10.1. The summed E-state index contributed by atoms with van der Waals surface area (Å²) in [6.45, 7) is 10.6. The van der Waals surface area contributed by atoms with Gasteiger partial charge in [0.25, 0.3) is 0 Å². The van der Waals surface area contributed by atoms with Crippen molar-refractivity contribution in [3.05, 3.63) is 29.8 Å². The van der Waals surface area contributed by atoms with Gasteiger partial charge in [0, 0.05) is 45.0 Å². The van der Waals surface area contributed by atoms with Crippen LogP contribution >= 0.6 is 11.8 Å². The third kappa shape index (κ3) is 4.45. The first kappa shape index (κ1) is 19.1. The summed E-state index contributed by atoms with van der Waals surface area (Å²) < 4.78 is 0. The molecule has 0 aromatic heterocycles. The Morgan fingerprint density at radius 1 is 1.12 bits per heavy atom. The minimum absolute atomic E-state index is 0.148. The van der Waals surface area contributed by atoms with Gasteiger partial charge in [0.1, 0.15) is 5.37 Å². The molecule has 1 amide bonds. The van der Waals surface area contributed by atoms with Crippen molar-refractivity contribution < 1.29 is 4.79 Å². The topological polar surface area (TPSA) is 26.8 Å². The quantitative estimate of drug-likeness (QED) is 0.753. The zero-order valence-corrected chi connectivity index (χ0v) is 16.6. The number of hydrogen-bond donors (Lipinski definition) is 0. The molecule has 2 rings (SSSR count). The summed E-state index contributed by atoms with van der Waals surface area (Å²) in [5, 5.41) is 0.148. The summed E-state index contributed by atoms with van der Waals surface area (Å²) in [6.07, 6.45) is 0. The highest BCUT2D eigenvalue weighted by atomic mass is 32.2. The number of benzene rings is 1. The summed E-state index contributed by atoms with van der Waals surface area (Å²) in [7, 11) is 4.09. The van der Waals surface area contributed by atoms with E-state index in [1.54, 1.807) is 11.8 Å². The van der Waals surface area contributed by atoms with Crippen LogP contribution < -0.4 is 4.90 Å². The third-order valence-electron chi connectivity index (χ3n) is 4.59. The first-order valence-electron chi connectivity index (χ1n) is 8.75. The minimum atomic E-state index is 0.148. The van der Waals surface area contributed by atoms with E-state index in [9.17, 15) is 4.79 Å². The smallest absolute Gasteiger partial charge is 0.233 e. The highest BCUT2D eigenvalue weighted by molar-refractivity contribution is 8.00. The first-order valence-corrected chi connectivity index (χ1v) is 9.80. The highest BCUT2D eigenvalue weighted by Gasteiger charge is 2.33. The number of carbonyl (C=O) groups is 1. The Kier molecular flexibility index (Phi) is 6.58. The van der Waals surface area contributed by atoms with Crippen LogP contribution in [0.25, 0.3) is 0 Å². The second-order valence-electron chi connectivity index (χ2n) is 7.16. The fraction of sp³-hybridized carbons (Fsp3) is 0.632. The molecule has 4 nitrogen and oxygen atoms in total. The van der Waals surface area contributed by atoms with Gasteiger partial charge in [-0.3, -0.25) is 9.69 Å². The van der Waals surface area contributed by atoms with Crippen LogP contribution in [0.5, 0.6) is 0 Å². The van der Waals surface area contributed by atoms with Gasteiger partial charge in [-0.1, -0.05) is 12.1 Å². The Balaban J connectivity index is 2.08. The number of carbonyl (C=O) groups excluding carboxylic acids is 1. The Bertz CT molecular complexity index is 534. The Hall–Kier alpha value is -1.20. The summed E-state index contributed by atoms with van der Waals surface area (Å²) in [5.41, 5.74) is 2.41. The van der Waals surface area contributed by atoms with Crippen molar-refractivity contribution in [1.82, 2.24) is 9.80 Å². The maximum atomic E-state index is 12.4. The molecule has 1 atom stereocenters. The lowest BCUT2D eigenvalue weighted by Crippen LogP contribution is -2.43.